The van der Waals surface area contributed by atoms with Gasteiger partial charge in [0.1, 0.15) is 24.1 Å². The Morgan fingerprint density at radius 3 is 2.60 bits per heavy atom. The van der Waals surface area contributed by atoms with Gasteiger partial charge < -0.3 is 19.1 Å². The Kier molecular flexibility index (Phi) is 6.07. The molecule has 1 fully saturated rings. The van der Waals surface area contributed by atoms with E-state index in [1.807, 2.05) is 13.8 Å². The molecule has 1 aromatic carbocycles. The Morgan fingerprint density at radius 1 is 1.14 bits per heavy atom. The van der Waals surface area contributed by atoms with E-state index in [-0.39, 0.29) is 16.9 Å². The van der Waals surface area contributed by atoms with Crippen LogP contribution in [0.2, 0.25) is 0 Å². The van der Waals surface area contributed by atoms with Crippen molar-refractivity contribution in [2.24, 2.45) is 0 Å². The highest BCUT2D eigenvalue weighted by atomic mass is 32.2. The van der Waals surface area contributed by atoms with E-state index in [0.29, 0.717) is 47.8 Å². The summed E-state index contributed by atoms with van der Waals surface area (Å²) in [7, 11) is -3.50. The molecule has 2 aliphatic heterocycles. The van der Waals surface area contributed by atoms with Crippen LogP contribution in [-0.2, 0) is 16.3 Å². The van der Waals surface area contributed by atoms with E-state index in [4.69, 9.17) is 9.26 Å². The fourth-order valence-electron chi connectivity index (χ4n) is 4.38. The number of hydrogen-bond acceptors (Lipinski definition) is 10. The first kappa shape index (κ1) is 23.5. The second-order valence-corrected chi connectivity index (χ2v) is 11.2. The number of halogens is 1. The van der Waals surface area contributed by atoms with Crippen LogP contribution in [0.5, 0.6) is 5.88 Å². The molecule has 35 heavy (non-hydrogen) atoms. The highest BCUT2D eigenvalue weighted by Crippen LogP contribution is 2.38. The van der Waals surface area contributed by atoms with Gasteiger partial charge in [0.25, 0.3) is 0 Å². The van der Waals surface area contributed by atoms with E-state index >= 15 is 0 Å². The van der Waals surface area contributed by atoms with E-state index in [2.05, 4.69) is 25.0 Å². The van der Waals surface area contributed by atoms with E-state index < -0.39 is 15.7 Å². The minimum Gasteiger partial charge on any atom is -0.474 e. The van der Waals surface area contributed by atoms with Crippen molar-refractivity contribution in [1.29, 1.82) is 0 Å². The van der Waals surface area contributed by atoms with Crippen LogP contribution in [0.1, 0.15) is 44.0 Å². The van der Waals surface area contributed by atoms with Crippen LogP contribution >= 0.6 is 0 Å². The summed E-state index contributed by atoms with van der Waals surface area (Å²) in [5.41, 5.74) is 0.983. The second-order valence-electron chi connectivity index (χ2n) is 9.20. The molecule has 5 rings (SSSR count). The third kappa shape index (κ3) is 4.79. The van der Waals surface area contributed by atoms with Gasteiger partial charge >= 0.3 is 6.01 Å². The zero-order valence-electron chi connectivity index (χ0n) is 19.8. The summed E-state index contributed by atoms with van der Waals surface area (Å²) in [5.74, 6) is 1.23. The molecular formula is C23H27FN6O4S. The molecule has 0 N–H and O–H groups in total. The number of benzene rings is 1. The van der Waals surface area contributed by atoms with Crippen molar-refractivity contribution in [2.75, 3.05) is 35.7 Å². The molecule has 0 unspecified atom stereocenters. The van der Waals surface area contributed by atoms with Crippen molar-refractivity contribution >= 4 is 27.4 Å². The van der Waals surface area contributed by atoms with Crippen LogP contribution in [0.25, 0.3) is 0 Å². The molecule has 0 atom stereocenters. The molecule has 1 saturated heterocycles. The number of fused-ring (bicyclic) bond motifs is 1. The van der Waals surface area contributed by atoms with Crippen LogP contribution in [0.3, 0.4) is 0 Å². The third-order valence-electron chi connectivity index (χ3n) is 6.27. The lowest BCUT2D eigenvalue weighted by molar-refractivity contribution is 0.161. The fraction of sp³-hybridized carbons (Fsp3) is 0.478. The second kappa shape index (κ2) is 9.06. The summed E-state index contributed by atoms with van der Waals surface area (Å²) in [5, 5.41) is 4.03. The lowest BCUT2D eigenvalue weighted by Crippen LogP contribution is -2.38. The van der Waals surface area contributed by atoms with Gasteiger partial charge in [-0.05, 0) is 24.1 Å². The van der Waals surface area contributed by atoms with Gasteiger partial charge in [0, 0.05) is 50.7 Å². The molecule has 2 aromatic heterocycles. The molecule has 0 spiro atoms. The molecule has 0 bridgehead atoms. The number of piperidine rings is 1. The third-order valence-corrected chi connectivity index (χ3v) is 7.36. The maximum atomic E-state index is 14.9. The van der Waals surface area contributed by atoms with Crippen LogP contribution < -0.4 is 14.5 Å². The van der Waals surface area contributed by atoms with Crippen LogP contribution in [0, 0.1) is 5.82 Å². The summed E-state index contributed by atoms with van der Waals surface area (Å²) in [6.07, 6.45) is 4.46. The van der Waals surface area contributed by atoms with Gasteiger partial charge in [-0.15, -0.1) is 0 Å². The van der Waals surface area contributed by atoms with Crippen molar-refractivity contribution < 1.29 is 22.1 Å². The molecule has 12 heteroatoms. The molecule has 2 aliphatic rings. The zero-order valence-corrected chi connectivity index (χ0v) is 20.6. The number of aromatic nitrogens is 4. The Labute approximate surface area is 203 Å². The number of sulfone groups is 1. The normalized spacial score (nSPS) is 16.7. The quantitative estimate of drug-likeness (QED) is 0.497. The van der Waals surface area contributed by atoms with E-state index in [1.165, 1.54) is 12.4 Å². The van der Waals surface area contributed by atoms with Gasteiger partial charge in [0.05, 0.1) is 10.6 Å². The molecule has 0 aliphatic carbocycles. The highest BCUT2D eigenvalue weighted by molar-refractivity contribution is 7.90. The van der Waals surface area contributed by atoms with Gasteiger partial charge in [0.2, 0.25) is 5.88 Å². The Morgan fingerprint density at radius 2 is 1.91 bits per heavy atom. The van der Waals surface area contributed by atoms with Crippen molar-refractivity contribution in [3.8, 4) is 5.88 Å². The highest BCUT2D eigenvalue weighted by Gasteiger charge is 2.29. The van der Waals surface area contributed by atoms with Crippen molar-refractivity contribution in [1.82, 2.24) is 20.1 Å². The van der Waals surface area contributed by atoms with Gasteiger partial charge in [-0.1, -0.05) is 19.0 Å². The number of hydrogen-bond donors (Lipinski definition) is 0. The molecule has 4 heterocycles. The van der Waals surface area contributed by atoms with E-state index in [0.717, 1.165) is 38.3 Å². The van der Waals surface area contributed by atoms with Gasteiger partial charge in [-0.3, -0.25) is 0 Å². The molecule has 0 radical (unpaired) electrons. The van der Waals surface area contributed by atoms with E-state index in [9.17, 15) is 12.8 Å². The van der Waals surface area contributed by atoms with Crippen molar-refractivity contribution in [3.63, 3.8) is 0 Å². The number of anilines is 3. The lowest BCUT2D eigenvalue weighted by Gasteiger charge is -2.30. The van der Waals surface area contributed by atoms with Crippen molar-refractivity contribution in [3.05, 3.63) is 41.7 Å². The predicted molar refractivity (Wildman–Crippen MR) is 127 cm³/mol. The molecule has 186 valence electrons. The average molecular weight is 503 g/mol. The average Bonchev–Trinajstić information content (AvgIpc) is 3.47. The summed E-state index contributed by atoms with van der Waals surface area (Å²) in [4.78, 5) is 16.8. The first-order valence-electron chi connectivity index (χ1n) is 11.6. The topological polar surface area (TPSA) is 115 Å². The first-order valence-corrected chi connectivity index (χ1v) is 13.5. The maximum absolute atomic E-state index is 14.9. The number of rotatable bonds is 6. The smallest absolute Gasteiger partial charge is 0.324 e. The molecule has 0 saturated carbocycles. The van der Waals surface area contributed by atoms with Crippen LogP contribution in [0.15, 0.2) is 33.9 Å². The lowest BCUT2D eigenvalue weighted by atomic mass is 10.1. The molecule has 10 nitrogen and oxygen atoms in total. The SMILES string of the molecule is CC(C)c1noc(N2CCC(Oc3cc(N4CCc5cc(S(C)(=O)=O)cc(F)c54)ncn3)CC2)n1. The molecule has 0 amide bonds. The maximum Gasteiger partial charge on any atom is 0.324 e. The summed E-state index contributed by atoms with van der Waals surface area (Å²) >= 11 is 0. The van der Waals surface area contributed by atoms with Gasteiger partial charge in [-0.25, -0.2) is 22.8 Å². The number of ether oxygens (including phenoxy) is 1. The zero-order chi connectivity index (χ0) is 24.7. The Hall–Kier alpha value is -3.28. The Balaban J connectivity index is 1.26. The van der Waals surface area contributed by atoms with Gasteiger partial charge in [-0.2, -0.15) is 4.98 Å². The minimum absolute atomic E-state index is 0.0189. The van der Waals surface area contributed by atoms with Gasteiger partial charge in [0.15, 0.2) is 15.7 Å². The monoisotopic (exact) mass is 502 g/mol. The standard InChI is InChI=1S/C23H27FN6O4S/c1-14(2)22-27-23(34-28-22)29-7-5-16(6-8-29)33-20-12-19(25-13-26-20)30-9-4-15-10-17(35(3,31)32)11-18(24)21(15)30/h10-14,16H,4-9H2,1-3H3. The van der Waals surface area contributed by atoms with Crippen LogP contribution in [-0.4, -0.2) is 60.5 Å². The molecule has 3 aromatic rings. The summed E-state index contributed by atoms with van der Waals surface area (Å²) < 4.78 is 50.2. The first-order chi connectivity index (χ1) is 16.7. The summed E-state index contributed by atoms with van der Waals surface area (Å²) in [6.45, 7) is 5.96. The molecular weight excluding hydrogens is 475 g/mol. The van der Waals surface area contributed by atoms with E-state index in [1.54, 1.807) is 11.0 Å². The fourth-order valence-corrected chi connectivity index (χ4v) is 5.05. The minimum atomic E-state index is -3.50. The largest absolute Gasteiger partial charge is 0.474 e. The summed E-state index contributed by atoms with van der Waals surface area (Å²) in [6, 6.07) is 4.82. The van der Waals surface area contributed by atoms with Crippen molar-refractivity contribution in [2.45, 2.75) is 50.0 Å². The number of nitrogens with zero attached hydrogens (tertiary/aromatic N) is 6. The Bertz CT molecular complexity index is 1340. The van der Waals surface area contributed by atoms with Crippen LogP contribution in [0.4, 0.5) is 21.9 Å². The predicted octanol–water partition coefficient (Wildman–Crippen LogP) is 3.27.